The molecular formula is C6H14N2. The van der Waals surface area contributed by atoms with E-state index in [4.69, 9.17) is 0 Å². The molecular weight excluding hydrogens is 100 g/mol. The molecule has 0 aliphatic rings. The highest BCUT2D eigenvalue weighted by Crippen LogP contribution is 1.48. The second kappa shape index (κ2) is 2.84. The van der Waals surface area contributed by atoms with Gasteiger partial charge >= 0.3 is 0 Å². The molecule has 2 unspecified atom stereocenters. The van der Waals surface area contributed by atoms with E-state index < -0.39 is 0 Å². The Morgan fingerprint density at radius 3 is 1.50 bits per heavy atom. The summed E-state index contributed by atoms with van der Waals surface area (Å²) >= 11 is 0. The van der Waals surface area contributed by atoms with Crippen LogP contribution in [-0.2, 0) is 0 Å². The van der Waals surface area contributed by atoms with Crippen LogP contribution in [0.4, 0.5) is 0 Å². The average molecular weight is 114 g/mol. The minimum Gasteiger partial charge on any atom is -0.393 e. The second-order valence-corrected chi connectivity index (χ2v) is 2.04. The minimum atomic E-state index is 0.963. The molecule has 0 aromatic carbocycles. The third-order valence-electron chi connectivity index (χ3n) is 1.03. The lowest BCUT2D eigenvalue weighted by atomic mass is 10.6. The van der Waals surface area contributed by atoms with Crippen molar-refractivity contribution < 1.29 is 9.80 Å². The van der Waals surface area contributed by atoms with Gasteiger partial charge in [0.05, 0.1) is 14.1 Å². The summed E-state index contributed by atoms with van der Waals surface area (Å²) in [6.07, 6.45) is 0. The number of rotatable bonds is 2. The molecule has 0 aromatic heterocycles. The zero-order chi connectivity index (χ0) is 6.73. The van der Waals surface area contributed by atoms with Gasteiger partial charge in [-0.1, -0.05) is 0 Å². The summed E-state index contributed by atoms with van der Waals surface area (Å²) in [5.74, 6) is 0.963. The van der Waals surface area contributed by atoms with Crippen molar-refractivity contribution in [3.8, 4) is 0 Å². The van der Waals surface area contributed by atoms with Gasteiger partial charge in [0.15, 0.2) is 0 Å². The fraction of sp³-hybridized carbons (Fsp3) is 0.333. The van der Waals surface area contributed by atoms with E-state index in [1.807, 2.05) is 14.1 Å². The zero-order valence-corrected chi connectivity index (χ0v) is 5.62. The number of quaternary nitrogens is 2. The van der Waals surface area contributed by atoms with Crippen molar-refractivity contribution >= 4 is 0 Å². The Morgan fingerprint density at radius 2 is 1.50 bits per heavy atom. The van der Waals surface area contributed by atoms with Gasteiger partial charge in [-0.3, -0.25) is 0 Å². The van der Waals surface area contributed by atoms with Crippen LogP contribution in [0.1, 0.15) is 0 Å². The first-order valence-electron chi connectivity index (χ1n) is 2.56. The summed E-state index contributed by atoms with van der Waals surface area (Å²) in [7, 11) is 11.3. The van der Waals surface area contributed by atoms with Crippen molar-refractivity contribution in [2.45, 2.75) is 0 Å². The topological polar surface area (TPSA) is 8.88 Å². The lowest BCUT2D eigenvalue weighted by molar-refractivity contribution is -0.964. The Morgan fingerprint density at radius 1 is 1.25 bits per heavy atom. The van der Waals surface area contributed by atoms with Crippen molar-refractivity contribution in [1.82, 2.24) is 0 Å². The molecule has 2 atom stereocenters. The van der Waals surface area contributed by atoms with Crippen molar-refractivity contribution in [3.05, 3.63) is 26.5 Å². The molecule has 0 spiro atoms. The van der Waals surface area contributed by atoms with Crippen LogP contribution in [0, 0.1) is 14.1 Å². The van der Waals surface area contributed by atoms with Gasteiger partial charge in [0, 0.05) is 6.58 Å². The molecule has 48 valence electrons. The van der Waals surface area contributed by atoms with E-state index in [1.165, 1.54) is 0 Å². The van der Waals surface area contributed by atoms with Gasteiger partial charge in [-0.05, 0) is 0 Å². The van der Waals surface area contributed by atoms with Crippen molar-refractivity contribution in [2.24, 2.45) is 0 Å². The van der Waals surface area contributed by atoms with E-state index in [1.54, 1.807) is 0 Å². The van der Waals surface area contributed by atoms with Gasteiger partial charge in [-0.15, -0.1) is 14.1 Å². The normalized spacial score (nSPS) is 17.5. The quantitative estimate of drug-likeness (QED) is 0.387. The van der Waals surface area contributed by atoms with Crippen LogP contribution in [0.3, 0.4) is 0 Å². The molecule has 0 bridgehead atoms. The molecule has 0 aliphatic heterocycles. The summed E-state index contributed by atoms with van der Waals surface area (Å²) in [5, 5.41) is 0. The van der Waals surface area contributed by atoms with Crippen LogP contribution >= 0.6 is 0 Å². The van der Waals surface area contributed by atoms with E-state index in [9.17, 15) is 0 Å². The SMILES string of the molecule is C=C([NH+]([CH2-])C)[NH+]([CH2-])C. The zero-order valence-electron chi connectivity index (χ0n) is 5.62. The van der Waals surface area contributed by atoms with Crippen LogP contribution in [0.25, 0.3) is 0 Å². The van der Waals surface area contributed by atoms with Crippen LogP contribution in [-0.4, -0.2) is 14.1 Å². The predicted molar refractivity (Wildman–Crippen MR) is 33.6 cm³/mol. The lowest BCUT2D eigenvalue weighted by Crippen LogP contribution is -3.21. The van der Waals surface area contributed by atoms with Crippen LogP contribution in [0.2, 0.25) is 0 Å². The second-order valence-electron chi connectivity index (χ2n) is 2.04. The molecule has 0 saturated carbocycles. The van der Waals surface area contributed by atoms with Crippen LogP contribution in [0.15, 0.2) is 12.4 Å². The first-order valence-corrected chi connectivity index (χ1v) is 2.56. The Labute approximate surface area is 51.4 Å². The maximum Gasteiger partial charge on any atom is 0.230 e. The lowest BCUT2D eigenvalue weighted by Gasteiger charge is -2.22. The number of nitrogens with one attached hydrogen (secondary N) is 2. The Bertz CT molecular complexity index is 74.5. The third kappa shape index (κ3) is 2.09. The molecule has 0 saturated heterocycles. The molecule has 0 heterocycles. The molecule has 2 N–H and O–H groups in total. The van der Waals surface area contributed by atoms with Gasteiger partial charge in [0.25, 0.3) is 0 Å². The molecule has 0 amide bonds. The highest BCUT2D eigenvalue weighted by molar-refractivity contribution is 4.59. The Kier molecular flexibility index (Phi) is 2.72. The Balaban J connectivity index is 3.65. The van der Waals surface area contributed by atoms with E-state index in [2.05, 4.69) is 20.7 Å². The summed E-state index contributed by atoms with van der Waals surface area (Å²) in [5.41, 5.74) is 0. The molecule has 0 aliphatic carbocycles. The average Bonchev–Trinajstić information content (AvgIpc) is 1.64. The highest BCUT2D eigenvalue weighted by atomic mass is 15.3. The number of hydrogen-bond acceptors (Lipinski definition) is 0. The van der Waals surface area contributed by atoms with Crippen molar-refractivity contribution in [3.63, 3.8) is 0 Å². The molecule has 2 nitrogen and oxygen atoms in total. The smallest absolute Gasteiger partial charge is 0.230 e. The fourth-order valence-corrected chi connectivity index (χ4v) is 0.364. The van der Waals surface area contributed by atoms with Gasteiger partial charge in [0.1, 0.15) is 0 Å². The monoisotopic (exact) mass is 114 g/mol. The van der Waals surface area contributed by atoms with E-state index >= 15 is 0 Å². The summed E-state index contributed by atoms with van der Waals surface area (Å²) in [4.78, 5) is 2.00. The summed E-state index contributed by atoms with van der Waals surface area (Å²) < 4.78 is 0. The van der Waals surface area contributed by atoms with Crippen LogP contribution in [0.5, 0.6) is 0 Å². The number of hydrogen-bond donors (Lipinski definition) is 2. The standard InChI is InChI=1S/C6H14N2/c1-6(7(2)3)8(4)5/h7-8H,1-2,4H2,3,5H3. The van der Waals surface area contributed by atoms with E-state index in [0.717, 1.165) is 15.6 Å². The van der Waals surface area contributed by atoms with Crippen molar-refractivity contribution in [2.75, 3.05) is 14.1 Å². The van der Waals surface area contributed by atoms with Crippen LogP contribution < -0.4 is 9.80 Å². The molecule has 0 fully saturated rings. The molecule has 8 heavy (non-hydrogen) atoms. The van der Waals surface area contributed by atoms with Crippen molar-refractivity contribution in [1.29, 1.82) is 0 Å². The Hall–Kier alpha value is -0.340. The molecule has 0 rings (SSSR count). The largest absolute Gasteiger partial charge is 0.393 e. The van der Waals surface area contributed by atoms with E-state index in [0.29, 0.717) is 0 Å². The van der Waals surface area contributed by atoms with E-state index in [-0.39, 0.29) is 0 Å². The first-order chi connectivity index (χ1) is 3.55. The highest BCUT2D eigenvalue weighted by Gasteiger charge is 1.97. The minimum absolute atomic E-state index is 0.963. The first kappa shape index (κ1) is 7.66. The van der Waals surface area contributed by atoms with Gasteiger partial charge in [-0.2, -0.15) is 0 Å². The third-order valence-corrected chi connectivity index (χ3v) is 1.03. The molecule has 0 radical (unpaired) electrons. The maximum absolute atomic E-state index is 3.75. The predicted octanol–water partition coefficient (Wildman–Crippen LogP) is -1.93. The van der Waals surface area contributed by atoms with Gasteiger partial charge < -0.3 is 9.80 Å². The van der Waals surface area contributed by atoms with Gasteiger partial charge in [0.2, 0.25) is 5.82 Å². The summed E-state index contributed by atoms with van der Waals surface area (Å²) in [6.45, 7) is 3.75. The fourth-order valence-electron chi connectivity index (χ4n) is 0.364. The molecule has 0 aromatic rings. The molecule has 2 heteroatoms. The van der Waals surface area contributed by atoms with Gasteiger partial charge in [-0.25, -0.2) is 0 Å². The summed E-state index contributed by atoms with van der Waals surface area (Å²) in [6, 6.07) is 0. The maximum atomic E-state index is 3.75.